The van der Waals surface area contributed by atoms with Gasteiger partial charge in [-0.1, -0.05) is 115 Å². The molecule has 3 heteroatoms. The molecule has 0 bridgehead atoms. The minimum absolute atomic E-state index is 0.691. The highest BCUT2D eigenvalue weighted by Gasteiger charge is 2.37. The number of rotatable bonds is 5. The highest BCUT2D eigenvalue weighted by molar-refractivity contribution is 6.30. The molecule has 4 aromatic carbocycles. The highest BCUT2D eigenvalue weighted by atomic mass is 35.5. The van der Waals surface area contributed by atoms with Crippen molar-refractivity contribution >= 4 is 34.7 Å². The van der Waals surface area contributed by atoms with Crippen LogP contribution in [0.3, 0.4) is 0 Å². The Balaban J connectivity index is 1.77. The predicted molar refractivity (Wildman–Crippen MR) is 134 cm³/mol. The van der Waals surface area contributed by atoms with Crippen LogP contribution in [-0.4, -0.2) is 10.1 Å². The number of hydrogen-bond donors (Lipinski definition) is 2. The minimum Gasteiger partial charge on any atom is -0.375 e. The monoisotopic (exact) mass is 435 g/mol. The van der Waals surface area contributed by atoms with E-state index in [1.807, 2.05) is 109 Å². The molecule has 32 heavy (non-hydrogen) atoms. The van der Waals surface area contributed by atoms with Gasteiger partial charge in [0.2, 0.25) is 0 Å². The molecule has 0 atom stereocenters. The quantitative estimate of drug-likeness (QED) is 0.299. The van der Waals surface area contributed by atoms with E-state index < -0.39 is 5.60 Å². The molecule has 0 aliphatic rings. The van der Waals surface area contributed by atoms with Crippen LogP contribution in [-0.2, 0) is 5.60 Å². The van der Waals surface area contributed by atoms with Gasteiger partial charge in [-0.3, -0.25) is 0 Å². The summed E-state index contributed by atoms with van der Waals surface area (Å²) in [6.07, 6.45) is 4.08. The van der Waals surface area contributed by atoms with Gasteiger partial charge in [0.15, 0.2) is 5.60 Å². The maximum Gasteiger partial charge on any atom is 0.155 e. The van der Waals surface area contributed by atoms with Gasteiger partial charge < -0.3 is 10.1 Å². The third kappa shape index (κ3) is 3.64. The molecule has 2 nitrogen and oxygen atoms in total. The second kappa shape index (κ2) is 8.51. The zero-order valence-electron chi connectivity index (χ0n) is 17.4. The molecule has 0 fully saturated rings. The standard InChI is InChI=1S/C29H22ClNO/c30-24-15-9-10-21(20-24)18-19-26-25-16-7-8-17-27(25)31-28(26)29(32,22-11-3-1-4-12-22)23-13-5-2-6-14-23/h1-20,31-32H. The SMILES string of the molecule is OC(c1ccccc1)(c1ccccc1)c1[nH]c2ccccc2c1C=Cc1cccc(Cl)c1. The minimum atomic E-state index is -1.35. The first-order valence-corrected chi connectivity index (χ1v) is 10.9. The number of nitrogens with one attached hydrogen (secondary N) is 1. The van der Waals surface area contributed by atoms with E-state index >= 15 is 0 Å². The highest BCUT2D eigenvalue weighted by Crippen LogP contribution is 2.41. The van der Waals surface area contributed by atoms with Gasteiger partial charge in [-0.25, -0.2) is 0 Å². The summed E-state index contributed by atoms with van der Waals surface area (Å²) in [6.45, 7) is 0. The number of H-pyrrole nitrogens is 1. The van der Waals surface area contributed by atoms with Crippen LogP contribution in [0.4, 0.5) is 0 Å². The predicted octanol–water partition coefficient (Wildman–Crippen LogP) is 7.28. The molecule has 156 valence electrons. The third-order valence-corrected chi connectivity index (χ3v) is 6.02. The fourth-order valence-corrected chi connectivity index (χ4v) is 4.42. The summed E-state index contributed by atoms with van der Waals surface area (Å²) >= 11 is 6.18. The van der Waals surface area contributed by atoms with E-state index in [0.29, 0.717) is 5.02 Å². The summed E-state index contributed by atoms with van der Waals surface area (Å²) in [4.78, 5) is 3.52. The van der Waals surface area contributed by atoms with Crippen molar-refractivity contribution in [3.63, 3.8) is 0 Å². The molecule has 1 heterocycles. The summed E-state index contributed by atoms with van der Waals surface area (Å²) in [6, 6.07) is 35.4. The maximum absolute atomic E-state index is 12.4. The fraction of sp³-hybridized carbons (Fsp3) is 0.0345. The molecule has 0 saturated heterocycles. The van der Waals surface area contributed by atoms with Crippen molar-refractivity contribution in [3.8, 4) is 0 Å². The average molecular weight is 436 g/mol. The third-order valence-electron chi connectivity index (χ3n) is 5.78. The Bertz CT molecular complexity index is 1350. The number of hydrogen-bond acceptors (Lipinski definition) is 1. The Kier molecular flexibility index (Phi) is 5.40. The zero-order valence-corrected chi connectivity index (χ0v) is 18.1. The molecule has 0 spiro atoms. The van der Waals surface area contributed by atoms with Gasteiger partial charge in [-0.05, 0) is 34.9 Å². The van der Waals surface area contributed by atoms with Crippen LogP contribution in [0.2, 0.25) is 5.02 Å². The van der Waals surface area contributed by atoms with Crippen LogP contribution < -0.4 is 0 Å². The van der Waals surface area contributed by atoms with Gasteiger partial charge in [-0.2, -0.15) is 0 Å². The average Bonchev–Trinajstić information content (AvgIpc) is 3.22. The lowest BCUT2D eigenvalue weighted by Gasteiger charge is -2.29. The molecule has 1 aromatic heterocycles. The van der Waals surface area contributed by atoms with Crippen LogP contribution in [0.1, 0.15) is 27.9 Å². The molecule has 5 aromatic rings. The maximum atomic E-state index is 12.4. The van der Waals surface area contributed by atoms with Crippen molar-refractivity contribution < 1.29 is 5.11 Å². The van der Waals surface area contributed by atoms with Gasteiger partial charge in [0.1, 0.15) is 0 Å². The molecule has 0 unspecified atom stereocenters. The van der Waals surface area contributed by atoms with Crippen molar-refractivity contribution in [2.45, 2.75) is 5.60 Å². The molecule has 0 amide bonds. The zero-order chi connectivity index (χ0) is 22.0. The van der Waals surface area contributed by atoms with Gasteiger partial charge in [0, 0.05) is 21.5 Å². The van der Waals surface area contributed by atoms with Crippen molar-refractivity contribution in [1.82, 2.24) is 4.98 Å². The van der Waals surface area contributed by atoms with E-state index in [9.17, 15) is 5.11 Å². The molecule has 0 radical (unpaired) electrons. The van der Waals surface area contributed by atoms with Crippen LogP contribution in [0.25, 0.3) is 23.1 Å². The number of fused-ring (bicyclic) bond motifs is 1. The number of benzene rings is 4. The Morgan fingerprint density at radius 3 is 1.97 bits per heavy atom. The van der Waals surface area contributed by atoms with Crippen molar-refractivity contribution in [2.24, 2.45) is 0 Å². The van der Waals surface area contributed by atoms with Crippen molar-refractivity contribution in [1.29, 1.82) is 0 Å². The normalized spacial score (nSPS) is 11.9. The lowest BCUT2D eigenvalue weighted by Crippen LogP contribution is -2.30. The van der Waals surface area contributed by atoms with Gasteiger partial charge >= 0.3 is 0 Å². The van der Waals surface area contributed by atoms with Gasteiger partial charge in [0.25, 0.3) is 0 Å². The van der Waals surface area contributed by atoms with E-state index in [1.54, 1.807) is 0 Å². The molecular formula is C29H22ClNO. The second-order valence-electron chi connectivity index (χ2n) is 7.79. The number of para-hydroxylation sites is 1. The summed E-state index contributed by atoms with van der Waals surface area (Å²) in [7, 11) is 0. The number of aromatic nitrogens is 1. The number of halogens is 1. The van der Waals surface area contributed by atoms with Crippen LogP contribution in [0.15, 0.2) is 109 Å². The topological polar surface area (TPSA) is 36.0 Å². The molecule has 2 N–H and O–H groups in total. The summed E-state index contributed by atoms with van der Waals surface area (Å²) in [5, 5.41) is 14.1. The lowest BCUT2D eigenvalue weighted by atomic mass is 9.81. The van der Waals surface area contributed by atoms with Crippen LogP contribution >= 0.6 is 11.6 Å². The van der Waals surface area contributed by atoms with E-state index in [4.69, 9.17) is 11.6 Å². The largest absolute Gasteiger partial charge is 0.375 e. The molecule has 0 aliphatic carbocycles. The fourth-order valence-electron chi connectivity index (χ4n) is 4.23. The van der Waals surface area contributed by atoms with Crippen LogP contribution in [0, 0.1) is 0 Å². The summed E-state index contributed by atoms with van der Waals surface area (Å²) in [5.74, 6) is 0. The Labute approximate surface area is 192 Å². The summed E-state index contributed by atoms with van der Waals surface area (Å²) in [5.41, 5.74) is 3.89. The van der Waals surface area contributed by atoms with E-state index in [-0.39, 0.29) is 0 Å². The Morgan fingerprint density at radius 2 is 1.31 bits per heavy atom. The van der Waals surface area contributed by atoms with Crippen molar-refractivity contribution in [3.05, 3.63) is 142 Å². The van der Waals surface area contributed by atoms with E-state index in [0.717, 1.165) is 38.9 Å². The number of aliphatic hydroxyl groups is 1. The van der Waals surface area contributed by atoms with Crippen LogP contribution in [0.5, 0.6) is 0 Å². The van der Waals surface area contributed by atoms with Gasteiger partial charge in [0.05, 0.1) is 5.69 Å². The smallest absolute Gasteiger partial charge is 0.155 e. The molecular weight excluding hydrogens is 414 g/mol. The van der Waals surface area contributed by atoms with Gasteiger partial charge in [-0.15, -0.1) is 0 Å². The number of aromatic amines is 1. The summed E-state index contributed by atoms with van der Waals surface area (Å²) < 4.78 is 0. The lowest BCUT2D eigenvalue weighted by molar-refractivity contribution is 0.121. The van der Waals surface area contributed by atoms with Crippen molar-refractivity contribution in [2.75, 3.05) is 0 Å². The molecule has 0 aliphatic heterocycles. The van der Waals surface area contributed by atoms with E-state index in [1.165, 1.54) is 0 Å². The van der Waals surface area contributed by atoms with E-state index in [2.05, 4.69) is 17.1 Å². The molecule has 0 saturated carbocycles. The second-order valence-corrected chi connectivity index (χ2v) is 8.23. The molecule has 5 rings (SSSR count). The Morgan fingerprint density at radius 1 is 0.688 bits per heavy atom. The first-order valence-electron chi connectivity index (χ1n) is 10.5. The first kappa shape index (κ1) is 20.3. The Hall–Kier alpha value is -3.59. The first-order chi connectivity index (χ1) is 15.7.